The van der Waals surface area contributed by atoms with Crippen molar-refractivity contribution in [2.45, 2.75) is 23.6 Å². The Balaban J connectivity index is 0.000000151. The highest BCUT2D eigenvalue weighted by Crippen LogP contribution is 2.42. The van der Waals surface area contributed by atoms with Gasteiger partial charge in [-0.2, -0.15) is 0 Å². The van der Waals surface area contributed by atoms with Gasteiger partial charge in [-0.3, -0.25) is 0 Å². The first-order valence-electron chi connectivity index (χ1n) is 34.9. The van der Waals surface area contributed by atoms with Gasteiger partial charge in [0.1, 0.15) is 47.8 Å². The lowest BCUT2D eigenvalue weighted by Crippen LogP contribution is -2.14. The standard InChI is InChI=1S/C25H23NO5S.C24H20FNO5S.C20H17NO5.C19H19NO4/c1-17-9-12-19(13-10-17)32(4,28)31-24-15-18(11-14-23(24)29-3)26(2)21-16-25(27)30-22-8-6-5-7-20(21)22;1-26(20-15-24(27)30-21-7-5-4-6-19(20)21)17-10-13-22(29-2)23(14-17)31-32(3,28)18-11-8-16(25)9-12-18;1-4-19(22)26-18-11-13(9-10-17(18)24-3)21(2)15-12-20(23)25-16-8-6-5-7-14(15)16;1-4-23-18-11-13(9-10-17(18)22-3)20(2)15-12-19(21)24-16-8-6-5-7-14(15)16/h5-16H,4H2,1-3H3;4-15H,3H2,1-2H3;4-12H,1H2,2-3H3;5-12H,4H2,1-3H3. The molecule has 0 aliphatic carbocycles. The zero-order valence-electron chi connectivity index (χ0n) is 63.7. The molecule has 14 aromatic rings. The summed E-state index contributed by atoms with van der Waals surface area (Å²) in [6, 6.07) is 68.4. The number of ether oxygens (including phenoxy) is 6. The van der Waals surface area contributed by atoms with Crippen molar-refractivity contribution in [3.8, 4) is 46.0 Å². The molecular weight excluding hydrogens is 1500 g/mol. The second kappa shape index (κ2) is 35.8. The number of anilines is 8. The monoisotopic (exact) mass is 1580 g/mol. The quantitative estimate of drug-likeness (QED) is 0.0201. The molecule has 2 atom stereocenters. The summed E-state index contributed by atoms with van der Waals surface area (Å²) in [5.41, 5.74) is 6.97. The van der Waals surface area contributed by atoms with Crippen LogP contribution in [0.3, 0.4) is 0 Å². The van der Waals surface area contributed by atoms with Crippen LogP contribution >= 0.6 is 0 Å². The Morgan fingerprint density at radius 3 is 0.982 bits per heavy atom. The maximum Gasteiger partial charge on any atom is 0.338 e. The van der Waals surface area contributed by atoms with Gasteiger partial charge in [-0.15, -0.1) is 0 Å². The summed E-state index contributed by atoms with van der Waals surface area (Å²) in [6.45, 7) is 7.81. The lowest BCUT2D eigenvalue weighted by molar-refractivity contribution is -0.129. The molecule has 26 heteroatoms. The summed E-state index contributed by atoms with van der Waals surface area (Å²) in [5, 5.41) is 3.19. The van der Waals surface area contributed by atoms with Gasteiger partial charge in [-0.05, 0) is 159 Å². The number of aryl methyl sites for hydroxylation is 1. The van der Waals surface area contributed by atoms with Crippen LogP contribution in [0.5, 0.6) is 46.0 Å². The summed E-state index contributed by atoms with van der Waals surface area (Å²) in [4.78, 5) is 67.6. The Morgan fingerprint density at radius 1 is 0.395 bits per heavy atom. The molecule has 114 heavy (non-hydrogen) atoms. The van der Waals surface area contributed by atoms with Crippen molar-refractivity contribution >= 4 is 127 Å². The predicted octanol–water partition coefficient (Wildman–Crippen LogP) is 17.4. The van der Waals surface area contributed by atoms with Gasteiger partial charge >= 0.3 is 28.5 Å². The second-order valence-electron chi connectivity index (χ2n) is 25.1. The molecule has 0 bridgehead atoms. The van der Waals surface area contributed by atoms with E-state index in [0.29, 0.717) is 96.7 Å². The smallest absolute Gasteiger partial charge is 0.338 e. The number of halogens is 1. The maximum atomic E-state index is 13.3. The molecule has 0 aliphatic heterocycles. The molecule has 0 saturated heterocycles. The van der Waals surface area contributed by atoms with E-state index in [-0.39, 0.29) is 27.8 Å². The summed E-state index contributed by atoms with van der Waals surface area (Å²) >= 11 is 0. The molecular formula is C88H79FN4O19S2. The lowest BCUT2D eigenvalue weighted by atomic mass is 10.1. The van der Waals surface area contributed by atoms with E-state index in [2.05, 4.69) is 18.3 Å². The van der Waals surface area contributed by atoms with E-state index in [0.717, 1.165) is 44.6 Å². The highest BCUT2D eigenvalue weighted by Gasteiger charge is 2.23. The molecule has 14 rings (SSSR count). The maximum absolute atomic E-state index is 13.3. The Labute approximate surface area is 655 Å². The molecule has 4 heterocycles. The molecule has 23 nitrogen and oxygen atoms in total. The second-order valence-corrected chi connectivity index (χ2v) is 28.8. The van der Waals surface area contributed by atoms with Crippen molar-refractivity contribution in [3.05, 3.63) is 308 Å². The van der Waals surface area contributed by atoms with Crippen LogP contribution in [0.2, 0.25) is 0 Å². The van der Waals surface area contributed by atoms with E-state index in [9.17, 15) is 36.8 Å². The molecule has 584 valence electrons. The fraction of sp³-hybridized carbons (Fsp3) is 0.125. The third-order valence-corrected chi connectivity index (χ3v) is 20.7. The number of carbonyl (C=O) groups excluding carboxylic acids is 1. The Morgan fingerprint density at radius 2 is 0.675 bits per heavy atom. The van der Waals surface area contributed by atoms with Gasteiger partial charge in [0.25, 0.3) is 0 Å². The highest BCUT2D eigenvalue weighted by molar-refractivity contribution is 7.96. The molecule has 10 aromatic carbocycles. The van der Waals surface area contributed by atoms with Crippen molar-refractivity contribution in [3.63, 3.8) is 0 Å². The van der Waals surface area contributed by atoms with Crippen LogP contribution in [0.15, 0.2) is 302 Å². The minimum atomic E-state index is -3.24. The first-order chi connectivity index (χ1) is 54.7. The molecule has 0 N–H and O–H groups in total. The van der Waals surface area contributed by atoms with E-state index in [1.807, 2.05) is 147 Å². The summed E-state index contributed by atoms with van der Waals surface area (Å²) in [7, 11) is 7.08. The highest BCUT2D eigenvalue weighted by atomic mass is 32.2. The molecule has 0 saturated carbocycles. The van der Waals surface area contributed by atoms with E-state index < -0.39 is 48.3 Å². The van der Waals surface area contributed by atoms with Crippen LogP contribution in [0.4, 0.5) is 49.9 Å². The summed E-state index contributed by atoms with van der Waals surface area (Å²) < 4.78 is 105. The number of hydrogen-bond donors (Lipinski definition) is 0. The lowest BCUT2D eigenvalue weighted by Gasteiger charge is -2.22. The first-order valence-corrected chi connectivity index (χ1v) is 38.3. The number of fused-ring (bicyclic) bond motifs is 4. The van der Waals surface area contributed by atoms with Crippen molar-refractivity contribution < 1.29 is 72.1 Å². The van der Waals surface area contributed by atoms with E-state index in [4.69, 9.17) is 54.5 Å². The predicted molar refractivity (Wildman–Crippen MR) is 447 cm³/mol. The van der Waals surface area contributed by atoms with Gasteiger partial charge in [-0.1, -0.05) is 72.8 Å². The Hall–Kier alpha value is -14.0. The van der Waals surface area contributed by atoms with Crippen LogP contribution in [0.1, 0.15) is 12.5 Å². The number of nitrogens with zero attached hydrogens (tertiary/aromatic N) is 4. The van der Waals surface area contributed by atoms with Gasteiger partial charge in [0.05, 0.1) is 67.6 Å². The molecule has 4 aromatic heterocycles. The number of esters is 1. The third kappa shape index (κ3) is 18.9. The van der Waals surface area contributed by atoms with E-state index in [1.165, 1.54) is 69.9 Å². The minimum Gasteiger partial charge on any atom is -0.493 e. The van der Waals surface area contributed by atoms with Crippen LogP contribution in [-0.4, -0.2) is 89.4 Å². The SMILES string of the molecule is C=CC(=O)Oc1cc(N(C)c2cc(=O)oc3ccccc23)ccc1OC.C=S(=O)(Oc1cc(N(C)c2cc(=O)oc3ccccc23)ccc1OC)c1ccc(C)cc1.C=S(=O)(Oc1cc(N(C)c2cc(=O)oc3ccccc23)ccc1OC)c1ccc(F)cc1.CCOc1cc(N(C)c2cc(=O)oc3ccccc23)ccc1OC. The van der Waals surface area contributed by atoms with Crippen molar-refractivity contribution in [1.29, 1.82) is 0 Å². The zero-order valence-corrected chi connectivity index (χ0v) is 65.4. The summed E-state index contributed by atoms with van der Waals surface area (Å²) in [6.07, 6.45) is 1.08. The average molecular weight is 1580 g/mol. The van der Waals surface area contributed by atoms with Crippen molar-refractivity contribution in [2.75, 3.05) is 82.8 Å². The molecule has 0 fully saturated rings. The van der Waals surface area contributed by atoms with Crippen LogP contribution < -0.4 is 78.9 Å². The first kappa shape index (κ1) is 81.0. The molecule has 2 unspecified atom stereocenters. The van der Waals surface area contributed by atoms with Gasteiger partial charge in [0.15, 0.2) is 46.0 Å². The van der Waals surface area contributed by atoms with Gasteiger partial charge in [0, 0.05) is 127 Å². The molecule has 0 spiro atoms. The topological polar surface area (TPSA) is 259 Å². The van der Waals surface area contributed by atoms with E-state index in [1.54, 1.807) is 116 Å². The van der Waals surface area contributed by atoms with Gasteiger partial charge in [0.2, 0.25) is 0 Å². The van der Waals surface area contributed by atoms with Crippen LogP contribution in [0.25, 0.3) is 43.9 Å². The fourth-order valence-electron chi connectivity index (χ4n) is 11.9. The zero-order chi connectivity index (χ0) is 81.5. The number of rotatable bonds is 22. The fourth-order valence-corrected chi connectivity index (χ4v) is 14.1. The number of methoxy groups -OCH3 is 4. The van der Waals surface area contributed by atoms with Gasteiger partial charge in [-0.25, -0.2) is 36.8 Å². The normalized spacial score (nSPS) is 11.8. The number of carbonyl (C=O) groups is 1. The minimum absolute atomic E-state index is 0.188. The third-order valence-electron chi connectivity index (χ3n) is 17.8. The number of hydrogen-bond acceptors (Lipinski definition) is 23. The Kier molecular flexibility index (Phi) is 25.4. The molecule has 0 radical (unpaired) electrons. The number of benzene rings is 10. The van der Waals surface area contributed by atoms with Crippen LogP contribution in [-0.2, 0) is 24.4 Å². The van der Waals surface area contributed by atoms with E-state index >= 15 is 0 Å². The Bertz CT molecular complexity index is 6140. The average Bonchev–Trinajstić information content (AvgIpc) is 0.788. The number of para-hydroxylation sites is 4. The summed E-state index contributed by atoms with van der Waals surface area (Å²) in [5.74, 6) is 9.69. The largest absolute Gasteiger partial charge is 0.493 e. The van der Waals surface area contributed by atoms with Crippen molar-refractivity contribution in [2.24, 2.45) is 0 Å². The van der Waals surface area contributed by atoms with Crippen molar-refractivity contribution in [1.82, 2.24) is 0 Å². The van der Waals surface area contributed by atoms with Gasteiger partial charge < -0.3 is 74.1 Å². The molecule has 0 aliphatic rings. The van der Waals surface area contributed by atoms with Crippen LogP contribution in [0, 0.1) is 12.7 Å². The molecule has 0 amide bonds.